The molecule has 0 radical (unpaired) electrons. The van der Waals surface area contributed by atoms with Crippen LogP contribution in [0.5, 0.6) is 0 Å². The fourth-order valence-electron chi connectivity index (χ4n) is 3.87. The lowest BCUT2D eigenvalue weighted by atomic mass is 9.99. The van der Waals surface area contributed by atoms with Crippen molar-refractivity contribution in [3.63, 3.8) is 0 Å². The highest BCUT2D eigenvalue weighted by Gasteiger charge is 2.32. The van der Waals surface area contributed by atoms with Gasteiger partial charge in [-0.1, -0.05) is 48.5 Å². The highest BCUT2D eigenvalue weighted by molar-refractivity contribution is 6.37. The van der Waals surface area contributed by atoms with Crippen molar-refractivity contribution in [3.05, 3.63) is 95.1 Å². The second-order valence-electron chi connectivity index (χ2n) is 8.58. The van der Waals surface area contributed by atoms with E-state index in [0.717, 1.165) is 23.4 Å². The molecule has 3 aromatic carbocycles. The number of ether oxygens (including phenoxy) is 1. The minimum absolute atomic E-state index is 0.0924. The molecule has 0 saturated heterocycles. The van der Waals surface area contributed by atoms with Crippen LogP contribution < -0.4 is 10.6 Å². The summed E-state index contributed by atoms with van der Waals surface area (Å²) in [7, 11) is 3.98. The second-order valence-corrected chi connectivity index (χ2v) is 8.58. The molecule has 0 unspecified atom stereocenters. The maximum Gasteiger partial charge on any atom is 0.422 e. The Morgan fingerprint density at radius 1 is 0.972 bits per heavy atom. The summed E-state index contributed by atoms with van der Waals surface area (Å²) in [5.41, 5.74) is 4.32. The van der Waals surface area contributed by atoms with Crippen molar-refractivity contribution in [1.29, 1.82) is 0 Å². The monoisotopic (exact) mass is 495 g/mol. The number of nitrogens with one attached hydrogen (secondary N) is 2. The average molecular weight is 496 g/mol. The molecule has 4 rings (SSSR count). The largest absolute Gasteiger partial charge is 0.452 e. The van der Waals surface area contributed by atoms with E-state index < -0.39 is 24.7 Å². The van der Waals surface area contributed by atoms with Crippen LogP contribution in [0.4, 0.5) is 24.5 Å². The Balaban J connectivity index is 1.70. The molecule has 0 aromatic heterocycles. The lowest BCUT2D eigenvalue weighted by molar-refractivity contribution is -0.161. The molecule has 9 heteroatoms. The zero-order chi connectivity index (χ0) is 25.9. The minimum atomic E-state index is -4.63. The van der Waals surface area contributed by atoms with Crippen LogP contribution >= 0.6 is 0 Å². The number of nitrogens with zero attached hydrogens (tertiary/aromatic N) is 1. The number of halogens is 3. The normalized spacial score (nSPS) is 14.3. The number of benzene rings is 3. The van der Waals surface area contributed by atoms with Gasteiger partial charge in [-0.05, 0) is 49.5 Å². The first kappa shape index (κ1) is 25.0. The first-order valence-corrected chi connectivity index (χ1v) is 11.1. The van der Waals surface area contributed by atoms with E-state index in [1.54, 1.807) is 0 Å². The smallest absolute Gasteiger partial charge is 0.422 e. The van der Waals surface area contributed by atoms with Gasteiger partial charge in [-0.3, -0.25) is 4.79 Å². The Kier molecular flexibility index (Phi) is 7.12. The molecule has 0 spiro atoms. The molecule has 0 bridgehead atoms. The molecule has 1 aliphatic rings. The highest BCUT2D eigenvalue weighted by Crippen LogP contribution is 2.38. The van der Waals surface area contributed by atoms with Crippen molar-refractivity contribution in [2.45, 2.75) is 12.7 Å². The quantitative estimate of drug-likeness (QED) is 0.339. The van der Waals surface area contributed by atoms with Crippen molar-refractivity contribution in [2.24, 2.45) is 0 Å². The number of carbonyl (C=O) groups excluding carboxylic acids is 2. The zero-order valence-corrected chi connectivity index (χ0v) is 19.6. The molecule has 186 valence electrons. The van der Waals surface area contributed by atoms with Crippen molar-refractivity contribution < 1.29 is 27.5 Å². The molecule has 0 atom stereocenters. The highest BCUT2D eigenvalue weighted by atomic mass is 19.4. The Morgan fingerprint density at radius 3 is 2.31 bits per heavy atom. The molecule has 1 amide bonds. The maximum absolute atomic E-state index is 13.1. The summed E-state index contributed by atoms with van der Waals surface area (Å²) < 4.78 is 41.6. The van der Waals surface area contributed by atoms with Gasteiger partial charge in [0.25, 0.3) is 5.91 Å². The topological polar surface area (TPSA) is 70.7 Å². The van der Waals surface area contributed by atoms with Gasteiger partial charge in [0.05, 0.1) is 22.5 Å². The van der Waals surface area contributed by atoms with E-state index in [1.165, 1.54) is 18.2 Å². The molecule has 0 fully saturated rings. The number of anilines is 2. The summed E-state index contributed by atoms with van der Waals surface area (Å²) in [6.45, 7) is -0.897. The summed E-state index contributed by atoms with van der Waals surface area (Å²) in [5.74, 6) is -1.53. The average Bonchev–Trinajstić information content (AvgIpc) is 3.16. The summed E-state index contributed by atoms with van der Waals surface area (Å²) in [4.78, 5) is 27.2. The zero-order valence-electron chi connectivity index (χ0n) is 19.6. The van der Waals surface area contributed by atoms with E-state index in [2.05, 4.69) is 20.3 Å². The predicted octanol–water partition coefficient (Wildman–Crippen LogP) is 5.40. The number of rotatable bonds is 7. The third-order valence-corrected chi connectivity index (χ3v) is 5.40. The van der Waals surface area contributed by atoms with Gasteiger partial charge >= 0.3 is 12.1 Å². The van der Waals surface area contributed by atoms with Crippen LogP contribution in [0.2, 0.25) is 0 Å². The van der Waals surface area contributed by atoms with Crippen molar-refractivity contribution in [2.75, 3.05) is 31.3 Å². The van der Waals surface area contributed by atoms with Crippen LogP contribution in [-0.2, 0) is 16.1 Å². The standard InChI is InChI=1S/C27H24F3N3O3/c1-33(2)15-17-8-11-20(12-9-17)31-24(18-6-4-3-5-7-18)23-21-13-10-19(14-22(21)32-25(23)34)26(35)36-16-27(28,29)30/h3-14,31H,15-16H2,1-2H3,(H,32,34)/b24-23-. The summed E-state index contributed by atoms with van der Waals surface area (Å²) >= 11 is 0. The van der Waals surface area contributed by atoms with Crippen LogP contribution in [0.3, 0.4) is 0 Å². The van der Waals surface area contributed by atoms with Gasteiger partial charge in [-0.25, -0.2) is 4.79 Å². The number of alkyl halides is 3. The van der Waals surface area contributed by atoms with E-state index in [-0.39, 0.29) is 5.56 Å². The number of hydrogen-bond donors (Lipinski definition) is 2. The molecule has 0 saturated carbocycles. The lowest BCUT2D eigenvalue weighted by Crippen LogP contribution is -2.20. The van der Waals surface area contributed by atoms with Crippen LogP contribution in [0, 0.1) is 0 Å². The van der Waals surface area contributed by atoms with Gasteiger partial charge < -0.3 is 20.3 Å². The molecule has 2 N–H and O–H groups in total. The van der Waals surface area contributed by atoms with Crippen LogP contribution in [0.1, 0.15) is 27.0 Å². The van der Waals surface area contributed by atoms with Gasteiger partial charge in [0.1, 0.15) is 0 Å². The van der Waals surface area contributed by atoms with Gasteiger partial charge in [0, 0.05) is 17.8 Å². The van der Waals surface area contributed by atoms with E-state index >= 15 is 0 Å². The third-order valence-electron chi connectivity index (χ3n) is 5.40. The van der Waals surface area contributed by atoms with Gasteiger partial charge in [0.15, 0.2) is 6.61 Å². The minimum Gasteiger partial charge on any atom is -0.452 e. The fraction of sp³-hybridized carbons (Fsp3) is 0.185. The first-order chi connectivity index (χ1) is 17.1. The Hall–Kier alpha value is -4.11. The predicted molar refractivity (Wildman–Crippen MR) is 132 cm³/mol. The molecular weight excluding hydrogens is 471 g/mol. The third kappa shape index (κ3) is 5.92. The van der Waals surface area contributed by atoms with E-state index in [9.17, 15) is 22.8 Å². The van der Waals surface area contributed by atoms with E-state index in [1.807, 2.05) is 68.7 Å². The number of hydrogen-bond acceptors (Lipinski definition) is 5. The van der Waals surface area contributed by atoms with E-state index in [4.69, 9.17) is 0 Å². The van der Waals surface area contributed by atoms with Crippen molar-refractivity contribution in [1.82, 2.24) is 4.90 Å². The molecular formula is C27H24F3N3O3. The Morgan fingerprint density at radius 2 is 1.67 bits per heavy atom. The second kappa shape index (κ2) is 10.2. The van der Waals surface area contributed by atoms with E-state index in [0.29, 0.717) is 22.5 Å². The summed E-state index contributed by atoms with van der Waals surface area (Å²) in [5, 5.41) is 6.06. The van der Waals surface area contributed by atoms with Crippen LogP contribution in [0.25, 0.3) is 11.3 Å². The van der Waals surface area contributed by atoms with Crippen molar-refractivity contribution in [3.8, 4) is 0 Å². The number of amides is 1. The molecule has 1 aliphatic heterocycles. The summed E-state index contributed by atoms with van der Waals surface area (Å²) in [6.07, 6.45) is -4.63. The molecule has 0 aliphatic carbocycles. The first-order valence-electron chi connectivity index (χ1n) is 11.1. The Labute approximate surface area is 206 Å². The van der Waals surface area contributed by atoms with Crippen LogP contribution in [-0.4, -0.2) is 43.7 Å². The van der Waals surface area contributed by atoms with Crippen LogP contribution in [0.15, 0.2) is 72.8 Å². The number of fused-ring (bicyclic) bond motifs is 1. The fourth-order valence-corrected chi connectivity index (χ4v) is 3.87. The number of carbonyl (C=O) groups is 2. The number of esters is 1. The van der Waals surface area contributed by atoms with Gasteiger partial charge in [0.2, 0.25) is 0 Å². The van der Waals surface area contributed by atoms with Gasteiger partial charge in [-0.2, -0.15) is 13.2 Å². The maximum atomic E-state index is 13.1. The molecule has 36 heavy (non-hydrogen) atoms. The molecule has 1 heterocycles. The molecule has 6 nitrogen and oxygen atoms in total. The lowest BCUT2D eigenvalue weighted by Gasteiger charge is -2.16. The Bertz CT molecular complexity index is 1300. The van der Waals surface area contributed by atoms with Crippen molar-refractivity contribution >= 4 is 34.5 Å². The molecule has 3 aromatic rings. The SMILES string of the molecule is CN(C)Cc1ccc(N/C(=C2\C(=O)Nc3cc(C(=O)OCC(F)(F)F)ccc32)c2ccccc2)cc1. The van der Waals surface area contributed by atoms with Gasteiger partial charge in [-0.15, -0.1) is 0 Å². The summed E-state index contributed by atoms with van der Waals surface area (Å²) in [6, 6.07) is 21.3.